The van der Waals surface area contributed by atoms with Crippen molar-refractivity contribution < 1.29 is 4.79 Å². The maximum atomic E-state index is 11.5. The van der Waals surface area contributed by atoms with E-state index in [9.17, 15) is 4.79 Å². The minimum Gasteiger partial charge on any atom is -0.336 e. The van der Waals surface area contributed by atoms with Gasteiger partial charge in [-0.25, -0.2) is 4.79 Å². The Bertz CT molecular complexity index is 257. The van der Waals surface area contributed by atoms with Gasteiger partial charge in [-0.15, -0.1) is 0 Å². The number of carbonyl (C=O) groups is 1. The second kappa shape index (κ2) is 3.67. The standard InChI is InChI=1S/C11H21N3O/c1-9(2)14-6-4-11(5-7-14)8-12-10(15)13(11)3/h9H,4-8H2,1-3H3,(H,12,15). The topological polar surface area (TPSA) is 35.6 Å². The molecule has 15 heavy (non-hydrogen) atoms. The summed E-state index contributed by atoms with van der Waals surface area (Å²) in [4.78, 5) is 15.9. The summed E-state index contributed by atoms with van der Waals surface area (Å²) in [5, 5.41) is 2.94. The molecule has 0 atom stereocenters. The van der Waals surface area contributed by atoms with Crippen LogP contribution in [0, 0.1) is 0 Å². The van der Waals surface area contributed by atoms with Gasteiger partial charge >= 0.3 is 6.03 Å². The van der Waals surface area contributed by atoms with Gasteiger partial charge in [-0.3, -0.25) is 0 Å². The highest BCUT2D eigenvalue weighted by Gasteiger charge is 2.45. The molecule has 4 heteroatoms. The van der Waals surface area contributed by atoms with Crippen LogP contribution in [-0.2, 0) is 0 Å². The summed E-state index contributed by atoms with van der Waals surface area (Å²) in [5.41, 5.74) is 0.0997. The number of amides is 2. The van der Waals surface area contributed by atoms with Crippen LogP contribution in [0.3, 0.4) is 0 Å². The number of carbonyl (C=O) groups excluding carboxylic acids is 1. The van der Waals surface area contributed by atoms with E-state index in [0.717, 1.165) is 32.5 Å². The molecule has 2 heterocycles. The molecule has 0 radical (unpaired) electrons. The number of likely N-dealkylation sites (N-methyl/N-ethyl adjacent to an activating group) is 1. The highest BCUT2D eigenvalue weighted by atomic mass is 16.2. The molecular weight excluding hydrogens is 190 g/mol. The molecule has 2 saturated heterocycles. The fourth-order valence-electron chi connectivity index (χ4n) is 2.66. The van der Waals surface area contributed by atoms with Gasteiger partial charge in [0.05, 0.1) is 5.54 Å². The van der Waals surface area contributed by atoms with E-state index >= 15 is 0 Å². The van der Waals surface area contributed by atoms with Crippen molar-refractivity contribution in [3.8, 4) is 0 Å². The third-order valence-corrected chi connectivity index (χ3v) is 4.04. The van der Waals surface area contributed by atoms with Gasteiger partial charge in [-0.05, 0) is 26.7 Å². The highest BCUT2D eigenvalue weighted by molar-refractivity contribution is 5.77. The first-order valence-corrected chi connectivity index (χ1v) is 5.81. The Balaban J connectivity index is 2.01. The van der Waals surface area contributed by atoms with Crippen molar-refractivity contribution in [2.24, 2.45) is 0 Å². The fraction of sp³-hybridized carbons (Fsp3) is 0.909. The Morgan fingerprint density at radius 3 is 2.33 bits per heavy atom. The first-order chi connectivity index (χ1) is 7.05. The zero-order valence-corrected chi connectivity index (χ0v) is 9.92. The summed E-state index contributed by atoms with van der Waals surface area (Å²) < 4.78 is 0. The fourth-order valence-corrected chi connectivity index (χ4v) is 2.66. The van der Waals surface area contributed by atoms with Crippen molar-refractivity contribution >= 4 is 6.03 Å². The molecular formula is C11H21N3O. The lowest BCUT2D eigenvalue weighted by Gasteiger charge is -2.43. The summed E-state index contributed by atoms with van der Waals surface area (Å²) in [7, 11) is 1.92. The van der Waals surface area contributed by atoms with Gasteiger partial charge in [-0.2, -0.15) is 0 Å². The smallest absolute Gasteiger partial charge is 0.317 e. The molecule has 0 unspecified atom stereocenters. The van der Waals surface area contributed by atoms with Crippen LogP contribution in [-0.4, -0.2) is 54.1 Å². The van der Waals surface area contributed by atoms with E-state index in [4.69, 9.17) is 0 Å². The number of rotatable bonds is 1. The van der Waals surface area contributed by atoms with Crippen molar-refractivity contribution in [3.63, 3.8) is 0 Å². The summed E-state index contributed by atoms with van der Waals surface area (Å²) in [6.07, 6.45) is 2.20. The largest absolute Gasteiger partial charge is 0.336 e. The molecule has 0 aromatic heterocycles. The predicted molar refractivity (Wildman–Crippen MR) is 59.8 cm³/mol. The van der Waals surface area contributed by atoms with Gasteiger partial charge in [0, 0.05) is 32.7 Å². The Hall–Kier alpha value is -0.770. The molecule has 0 aliphatic carbocycles. The van der Waals surface area contributed by atoms with Gasteiger partial charge in [0.2, 0.25) is 0 Å². The van der Waals surface area contributed by atoms with Gasteiger partial charge in [0.15, 0.2) is 0 Å². The molecule has 0 saturated carbocycles. The van der Waals surface area contributed by atoms with Crippen LogP contribution in [0.25, 0.3) is 0 Å². The lowest BCUT2D eigenvalue weighted by molar-refractivity contribution is 0.0751. The number of piperidine rings is 1. The molecule has 2 fully saturated rings. The quantitative estimate of drug-likeness (QED) is 0.699. The summed E-state index contributed by atoms with van der Waals surface area (Å²) in [5.74, 6) is 0. The van der Waals surface area contributed by atoms with Gasteiger partial charge in [0.1, 0.15) is 0 Å². The van der Waals surface area contributed by atoms with Crippen molar-refractivity contribution in [2.75, 3.05) is 26.7 Å². The van der Waals surface area contributed by atoms with Crippen LogP contribution < -0.4 is 5.32 Å². The lowest BCUT2D eigenvalue weighted by Crippen LogP contribution is -2.54. The van der Waals surface area contributed by atoms with E-state index in [1.807, 2.05) is 11.9 Å². The zero-order valence-electron chi connectivity index (χ0n) is 9.92. The third kappa shape index (κ3) is 1.71. The van der Waals surface area contributed by atoms with E-state index in [1.165, 1.54) is 0 Å². The molecule has 1 spiro atoms. The monoisotopic (exact) mass is 211 g/mol. The Morgan fingerprint density at radius 2 is 1.93 bits per heavy atom. The number of likely N-dealkylation sites (tertiary alicyclic amines) is 1. The second-order valence-corrected chi connectivity index (χ2v) is 5.07. The third-order valence-electron chi connectivity index (χ3n) is 4.04. The molecule has 0 aromatic rings. The molecule has 1 N–H and O–H groups in total. The Morgan fingerprint density at radius 1 is 1.33 bits per heavy atom. The van der Waals surface area contributed by atoms with Crippen molar-refractivity contribution in [1.29, 1.82) is 0 Å². The average Bonchev–Trinajstić information content (AvgIpc) is 2.48. The van der Waals surface area contributed by atoms with Crippen LogP contribution in [0.4, 0.5) is 4.79 Å². The van der Waals surface area contributed by atoms with Crippen molar-refractivity contribution in [2.45, 2.75) is 38.3 Å². The SMILES string of the molecule is CC(C)N1CCC2(CC1)CNC(=O)N2C. The maximum absolute atomic E-state index is 11.5. The van der Waals surface area contributed by atoms with Crippen molar-refractivity contribution in [1.82, 2.24) is 15.1 Å². The van der Waals surface area contributed by atoms with E-state index in [2.05, 4.69) is 24.1 Å². The maximum Gasteiger partial charge on any atom is 0.317 e. The number of nitrogens with one attached hydrogen (secondary N) is 1. The first-order valence-electron chi connectivity index (χ1n) is 5.81. The first kappa shape index (κ1) is 10.7. The molecule has 86 valence electrons. The minimum atomic E-state index is 0.0907. The number of nitrogens with zero attached hydrogens (tertiary/aromatic N) is 2. The molecule has 0 aromatic carbocycles. The minimum absolute atomic E-state index is 0.0907. The summed E-state index contributed by atoms with van der Waals surface area (Å²) in [6.45, 7) is 7.52. The molecule has 0 bridgehead atoms. The van der Waals surface area contributed by atoms with Crippen LogP contribution in [0.5, 0.6) is 0 Å². The van der Waals surface area contributed by atoms with E-state index in [-0.39, 0.29) is 11.6 Å². The van der Waals surface area contributed by atoms with Crippen LogP contribution in [0.1, 0.15) is 26.7 Å². The summed E-state index contributed by atoms with van der Waals surface area (Å²) in [6, 6.07) is 0.714. The Labute approximate surface area is 91.6 Å². The summed E-state index contributed by atoms with van der Waals surface area (Å²) >= 11 is 0. The van der Waals surface area contributed by atoms with Crippen molar-refractivity contribution in [3.05, 3.63) is 0 Å². The van der Waals surface area contributed by atoms with Gasteiger partial charge < -0.3 is 15.1 Å². The van der Waals surface area contributed by atoms with Crippen LogP contribution in [0.2, 0.25) is 0 Å². The molecule has 4 nitrogen and oxygen atoms in total. The number of hydrogen-bond acceptors (Lipinski definition) is 2. The van der Waals surface area contributed by atoms with E-state index < -0.39 is 0 Å². The van der Waals surface area contributed by atoms with E-state index in [0.29, 0.717) is 6.04 Å². The van der Waals surface area contributed by atoms with Crippen LogP contribution >= 0.6 is 0 Å². The zero-order chi connectivity index (χ0) is 11.1. The normalized spacial score (nSPS) is 26.4. The molecule has 2 rings (SSSR count). The number of urea groups is 1. The number of hydrogen-bond donors (Lipinski definition) is 1. The molecule has 2 aliphatic rings. The predicted octanol–water partition coefficient (Wildman–Crippen LogP) is 0.884. The van der Waals surface area contributed by atoms with Gasteiger partial charge in [-0.1, -0.05) is 0 Å². The molecule has 2 amide bonds. The Kier molecular flexibility index (Phi) is 2.63. The molecule has 2 aliphatic heterocycles. The van der Waals surface area contributed by atoms with Gasteiger partial charge in [0.25, 0.3) is 0 Å². The lowest BCUT2D eigenvalue weighted by atomic mass is 9.87. The second-order valence-electron chi connectivity index (χ2n) is 5.07. The van der Waals surface area contributed by atoms with Crippen LogP contribution in [0.15, 0.2) is 0 Å². The average molecular weight is 211 g/mol. The van der Waals surface area contributed by atoms with E-state index in [1.54, 1.807) is 0 Å². The highest BCUT2D eigenvalue weighted by Crippen LogP contribution is 2.31.